The van der Waals surface area contributed by atoms with Crippen molar-refractivity contribution in [2.45, 2.75) is 18.9 Å². The van der Waals surface area contributed by atoms with Crippen molar-refractivity contribution in [1.29, 1.82) is 0 Å². The minimum absolute atomic E-state index is 0.0787. The van der Waals surface area contributed by atoms with Crippen molar-refractivity contribution in [3.8, 4) is 5.75 Å². The van der Waals surface area contributed by atoms with E-state index in [-0.39, 0.29) is 5.75 Å². The molecule has 1 atom stereocenters. The Balaban J connectivity index is 0.000000181. The van der Waals surface area contributed by atoms with Gasteiger partial charge in [-0.1, -0.05) is 36.4 Å². The summed E-state index contributed by atoms with van der Waals surface area (Å²) in [5.41, 5.74) is 1.72. The van der Waals surface area contributed by atoms with Gasteiger partial charge in [-0.25, -0.2) is 4.79 Å². The maximum atomic E-state index is 10.1. The molecule has 0 spiro atoms. The van der Waals surface area contributed by atoms with E-state index in [0.717, 1.165) is 12.6 Å². The van der Waals surface area contributed by atoms with Crippen LogP contribution in [0, 0.1) is 0 Å². The normalized spacial score (nSPS) is 16.2. The van der Waals surface area contributed by atoms with Gasteiger partial charge in [0.2, 0.25) is 0 Å². The van der Waals surface area contributed by atoms with Gasteiger partial charge in [-0.2, -0.15) is 0 Å². The molecule has 1 heterocycles. The average Bonchev–Trinajstić information content (AvgIpc) is 3.14. The molecule has 2 aromatic carbocycles. The molecular formula is C20H24N2O3. The molecule has 0 aliphatic carbocycles. The molecule has 1 saturated heterocycles. The number of hydrogen-bond donors (Lipinski definition) is 4. The van der Waals surface area contributed by atoms with Gasteiger partial charge in [0, 0.05) is 29.9 Å². The summed E-state index contributed by atoms with van der Waals surface area (Å²) >= 11 is 0. The summed E-state index contributed by atoms with van der Waals surface area (Å²) in [4.78, 5) is 10.1. The van der Waals surface area contributed by atoms with E-state index in [1.807, 2.05) is 6.07 Å². The maximum Gasteiger partial charge on any atom is 0.328 e. The van der Waals surface area contributed by atoms with Crippen molar-refractivity contribution in [2.75, 3.05) is 18.4 Å². The monoisotopic (exact) mass is 340 g/mol. The van der Waals surface area contributed by atoms with E-state index in [2.05, 4.69) is 34.9 Å². The van der Waals surface area contributed by atoms with Crippen LogP contribution in [0.2, 0.25) is 0 Å². The lowest BCUT2D eigenvalue weighted by atomic mass is 10.2. The number of carboxylic acid groups (broad SMARTS) is 1. The molecule has 1 aliphatic heterocycles. The molecular weight excluding hydrogens is 316 g/mol. The van der Waals surface area contributed by atoms with Crippen LogP contribution in [-0.4, -0.2) is 35.3 Å². The van der Waals surface area contributed by atoms with Crippen LogP contribution in [0.25, 0.3) is 6.08 Å². The molecule has 4 N–H and O–H groups in total. The molecule has 0 aromatic heterocycles. The highest BCUT2D eigenvalue weighted by molar-refractivity contribution is 5.85. The molecule has 0 bridgehead atoms. The van der Waals surface area contributed by atoms with E-state index in [1.54, 1.807) is 18.2 Å². The van der Waals surface area contributed by atoms with Crippen LogP contribution in [0.15, 0.2) is 60.7 Å². The molecule has 2 aromatic rings. The Labute approximate surface area is 148 Å². The number of carbonyl (C=O) groups is 1. The fourth-order valence-corrected chi connectivity index (χ4v) is 2.52. The molecule has 1 aliphatic rings. The van der Waals surface area contributed by atoms with Crippen LogP contribution in [0.4, 0.5) is 5.69 Å². The number of para-hydroxylation sites is 2. The van der Waals surface area contributed by atoms with Gasteiger partial charge >= 0.3 is 5.97 Å². The fraction of sp³-hybridized carbons (Fsp3) is 0.250. The van der Waals surface area contributed by atoms with Gasteiger partial charge in [0.1, 0.15) is 5.75 Å². The summed E-state index contributed by atoms with van der Waals surface area (Å²) in [7, 11) is 0. The predicted octanol–water partition coefficient (Wildman–Crippen LogP) is 3.34. The van der Waals surface area contributed by atoms with E-state index >= 15 is 0 Å². The van der Waals surface area contributed by atoms with Crippen molar-refractivity contribution >= 4 is 17.7 Å². The number of aromatic hydroxyl groups is 1. The minimum atomic E-state index is -1.03. The van der Waals surface area contributed by atoms with Gasteiger partial charge in [0.25, 0.3) is 0 Å². The van der Waals surface area contributed by atoms with Gasteiger partial charge in [-0.3, -0.25) is 0 Å². The molecule has 5 heteroatoms. The molecule has 5 nitrogen and oxygen atoms in total. The second-order valence-corrected chi connectivity index (χ2v) is 5.77. The molecule has 0 saturated carbocycles. The second-order valence-electron chi connectivity index (χ2n) is 5.77. The van der Waals surface area contributed by atoms with Crippen molar-refractivity contribution < 1.29 is 15.0 Å². The summed E-state index contributed by atoms with van der Waals surface area (Å²) in [6.07, 6.45) is 4.95. The first-order valence-electron chi connectivity index (χ1n) is 8.36. The van der Waals surface area contributed by atoms with Crippen LogP contribution in [-0.2, 0) is 4.79 Å². The number of benzene rings is 2. The van der Waals surface area contributed by atoms with E-state index < -0.39 is 5.97 Å². The number of nitrogens with one attached hydrogen (secondary N) is 2. The predicted molar refractivity (Wildman–Crippen MR) is 101 cm³/mol. The third-order valence-corrected chi connectivity index (χ3v) is 3.83. The summed E-state index contributed by atoms with van der Waals surface area (Å²) in [6.45, 7) is 2.23. The van der Waals surface area contributed by atoms with Crippen LogP contribution in [0.5, 0.6) is 5.75 Å². The van der Waals surface area contributed by atoms with Crippen LogP contribution in [0.3, 0.4) is 0 Å². The quantitative estimate of drug-likeness (QED) is 0.628. The molecule has 132 valence electrons. The lowest BCUT2D eigenvalue weighted by molar-refractivity contribution is -0.131. The number of carboxylic acids is 1. The zero-order chi connectivity index (χ0) is 17.9. The first kappa shape index (κ1) is 18.5. The van der Waals surface area contributed by atoms with Gasteiger partial charge < -0.3 is 20.8 Å². The average molecular weight is 340 g/mol. The van der Waals surface area contributed by atoms with Crippen LogP contribution < -0.4 is 10.6 Å². The molecule has 1 fully saturated rings. The summed E-state index contributed by atoms with van der Waals surface area (Å²) in [5, 5.41) is 24.4. The topological polar surface area (TPSA) is 81.6 Å². The Morgan fingerprint density at radius 3 is 2.52 bits per heavy atom. The Morgan fingerprint density at radius 1 is 1.16 bits per heavy atom. The largest absolute Gasteiger partial charge is 0.507 e. The van der Waals surface area contributed by atoms with Crippen LogP contribution in [0.1, 0.15) is 18.4 Å². The lowest BCUT2D eigenvalue weighted by Crippen LogP contribution is -2.29. The highest BCUT2D eigenvalue weighted by Gasteiger charge is 2.12. The number of phenolic OH excluding ortho intramolecular Hbond substituents is 1. The molecule has 0 amide bonds. The van der Waals surface area contributed by atoms with E-state index in [4.69, 9.17) is 5.11 Å². The van der Waals surface area contributed by atoms with Crippen molar-refractivity contribution in [3.05, 3.63) is 66.2 Å². The van der Waals surface area contributed by atoms with E-state index in [1.165, 1.54) is 37.2 Å². The number of hydrogen-bond acceptors (Lipinski definition) is 4. The first-order valence-corrected chi connectivity index (χ1v) is 8.36. The Morgan fingerprint density at radius 2 is 1.88 bits per heavy atom. The summed E-state index contributed by atoms with van der Waals surface area (Å²) in [6, 6.07) is 17.6. The third-order valence-electron chi connectivity index (χ3n) is 3.83. The highest BCUT2D eigenvalue weighted by atomic mass is 16.4. The Bertz CT molecular complexity index is 680. The lowest BCUT2D eigenvalue weighted by Gasteiger charge is -2.12. The molecule has 0 radical (unpaired) electrons. The zero-order valence-electron chi connectivity index (χ0n) is 14.1. The first-order chi connectivity index (χ1) is 12.1. The smallest absolute Gasteiger partial charge is 0.328 e. The molecule has 25 heavy (non-hydrogen) atoms. The van der Waals surface area contributed by atoms with Crippen molar-refractivity contribution in [1.82, 2.24) is 5.32 Å². The van der Waals surface area contributed by atoms with Gasteiger partial charge in [-0.15, -0.1) is 0 Å². The second kappa shape index (κ2) is 10.2. The third kappa shape index (κ3) is 7.10. The Kier molecular flexibility index (Phi) is 7.53. The number of aliphatic carboxylic acids is 1. The van der Waals surface area contributed by atoms with E-state index in [9.17, 15) is 9.90 Å². The molecule has 0 unspecified atom stereocenters. The fourth-order valence-electron chi connectivity index (χ4n) is 2.52. The van der Waals surface area contributed by atoms with E-state index in [0.29, 0.717) is 11.6 Å². The summed E-state index contributed by atoms with van der Waals surface area (Å²) < 4.78 is 0. The number of phenols is 1. The van der Waals surface area contributed by atoms with Crippen molar-refractivity contribution in [3.63, 3.8) is 0 Å². The Hall–Kier alpha value is -2.79. The molecule has 3 rings (SSSR count). The number of anilines is 1. The van der Waals surface area contributed by atoms with Gasteiger partial charge in [-0.05, 0) is 43.7 Å². The maximum absolute atomic E-state index is 10.1. The minimum Gasteiger partial charge on any atom is -0.507 e. The van der Waals surface area contributed by atoms with Crippen molar-refractivity contribution in [2.24, 2.45) is 0 Å². The standard InChI is InChI=1S/C11H16N2.C9H8O3/c1-2-5-10(6-3-1)13-9-11-7-4-8-12-11;10-8-4-2-1-3-7(8)5-6-9(11)12/h1-3,5-6,11-13H,4,7-9H2;1-6,10H,(H,11,12)/t11-;/m0./s1. The van der Waals surface area contributed by atoms with Gasteiger partial charge in [0.15, 0.2) is 0 Å². The van der Waals surface area contributed by atoms with Gasteiger partial charge in [0.05, 0.1) is 0 Å². The highest BCUT2D eigenvalue weighted by Crippen LogP contribution is 2.16. The number of rotatable bonds is 5. The van der Waals surface area contributed by atoms with Crippen LogP contribution >= 0.6 is 0 Å². The zero-order valence-corrected chi connectivity index (χ0v) is 14.1. The SMILES string of the molecule is O=C(O)C=Cc1ccccc1O.c1ccc(NC[C@@H]2CCCN2)cc1. The summed E-state index contributed by atoms with van der Waals surface area (Å²) in [5.74, 6) is -0.951.